The third kappa shape index (κ3) is 4.33. The first-order valence-corrected chi connectivity index (χ1v) is 11.8. The summed E-state index contributed by atoms with van der Waals surface area (Å²) in [4.78, 5) is 27.9. The van der Waals surface area contributed by atoms with Crippen molar-refractivity contribution in [1.29, 1.82) is 0 Å². The first kappa shape index (κ1) is 20.7. The lowest BCUT2D eigenvalue weighted by atomic mass is 9.64. The second-order valence-corrected chi connectivity index (χ2v) is 9.58. The molecule has 29 heavy (non-hydrogen) atoms. The fourth-order valence-corrected chi connectivity index (χ4v) is 5.76. The Morgan fingerprint density at radius 3 is 2.48 bits per heavy atom. The molecule has 1 N–H and O–H groups in total. The van der Waals surface area contributed by atoms with Crippen molar-refractivity contribution in [2.75, 3.05) is 13.1 Å². The predicted octanol–water partition coefficient (Wildman–Crippen LogP) is 4.84. The number of likely N-dealkylation sites (tertiary alicyclic amines) is 1. The maximum Gasteiger partial charge on any atom is 0.230 e. The highest BCUT2D eigenvalue weighted by atomic mass is 35.5. The van der Waals surface area contributed by atoms with Crippen LogP contribution in [0, 0.1) is 5.92 Å². The molecule has 0 radical (unpaired) electrons. The van der Waals surface area contributed by atoms with Crippen LogP contribution in [0.15, 0.2) is 24.3 Å². The van der Waals surface area contributed by atoms with Gasteiger partial charge in [-0.25, -0.2) is 0 Å². The summed E-state index contributed by atoms with van der Waals surface area (Å²) in [6.07, 6.45) is 11.6. The molecule has 1 heterocycles. The van der Waals surface area contributed by atoms with E-state index in [0.29, 0.717) is 24.0 Å². The van der Waals surface area contributed by atoms with E-state index in [-0.39, 0.29) is 11.8 Å². The van der Waals surface area contributed by atoms with Crippen LogP contribution >= 0.6 is 11.6 Å². The summed E-state index contributed by atoms with van der Waals surface area (Å²) in [6, 6.07) is 8.14. The Morgan fingerprint density at radius 2 is 1.76 bits per heavy atom. The SMILES string of the molecule is O=C(CCCNC(=O)C1(c2ccc(Cl)cc2)CCC1)N1CCCC2CCCCC21. The monoisotopic (exact) mass is 416 g/mol. The van der Waals surface area contributed by atoms with E-state index in [9.17, 15) is 9.59 Å². The molecule has 0 bridgehead atoms. The number of fused-ring (bicyclic) bond motifs is 1. The largest absolute Gasteiger partial charge is 0.355 e. The second kappa shape index (κ2) is 9.07. The molecule has 0 aromatic heterocycles. The molecule has 2 amide bonds. The van der Waals surface area contributed by atoms with Crippen molar-refractivity contribution in [2.45, 2.75) is 82.1 Å². The number of benzene rings is 1. The topological polar surface area (TPSA) is 49.4 Å². The van der Waals surface area contributed by atoms with Crippen molar-refractivity contribution < 1.29 is 9.59 Å². The zero-order valence-electron chi connectivity index (χ0n) is 17.3. The number of rotatable bonds is 6. The van der Waals surface area contributed by atoms with Crippen molar-refractivity contribution in [3.63, 3.8) is 0 Å². The highest BCUT2D eigenvalue weighted by molar-refractivity contribution is 6.30. The van der Waals surface area contributed by atoms with Crippen LogP contribution in [-0.4, -0.2) is 35.8 Å². The Bertz CT molecular complexity index is 727. The van der Waals surface area contributed by atoms with Crippen molar-refractivity contribution in [3.8, 4) is 0 Å². The molecule has 2 atom stereocenters. The Balaban J connectivity index is 1.26. The molecule has 1 aromatic carbocycles. The maximum atomic E-state index is 12.9. The third-order valence-corrected chi connectivity index (χ3v) is 7.71. The number of nitrogens with one attached hydrogen (secondary N) is 1. The van der Waals surface area contributed by atoms with Crippen molar-refractivity contribution >= 4 is 23.4 Å². The number of hydrogen-bond acceptors (Lipinski definition) is 2. The van der Waals surface area contributed by atoms with Gasteiger partial charge in [-0.2, -0.15) is 0 Å². The summed E-state index contributed by atoms with van der Waals surface area (Å²) in [7, 11) is 0. The number of piperidine rings is 1. The van der Waals surface area contributed by atoms with Gasteiger partial charge in [0.15, 0.2) is 0 Å². The van der Waals surface area contributed by atoms with E-state index in [1.165, 1.54) is 32.1 Å². The maximum absolute atomic E-state index is 12.9. The molecule has 1 aromatic rings. The fraction of sp³-hybridized carbons (Fsp3) is 0.667. The number of hydrogen-bond donors (Lipinski definition) is 1. The lowest BCUT2D eigenvalue weighted by molar-refractivity contribution is -0.138. The van der Waals surface area contributed by atoms with Gasteiger partial charge < -0.3 is 10.2 Å². The van der Waals surface area contributed by atoms with E-state index < -0.39 is 5.41 Å². The molecule has 4 rings (SSSR count). The fourth-order valence-electron chi connectivity index (χ4n) is 5.63. The normalized spacial score (nSPS) is 25.6. The van der Waals surface area contributed by atoms with Crippen LogP contribution in [0.4, 0.5) is 0 Å². The smallest absolute Gasteiger partial charge is 0.230 e. The van der Waals surface area contributed by atoms with Gasteiger partial charge in [-0.05, 0) is 68.6 Å². The minimum atomic E-state index is -0.406. The van der Waals surface area contributed by atoms with Gasteiger partial charge >= 0.3 is 0 Å². The van der Waals surface area contributed by atoms with Crippen molar-refractivity contribution in [3.05, 3.63) is 34.9 Å². The second-order valence-electron chi connectivity index (χ2n) is 9.14. The number of halogens is 1. The molecule has 2 aliphatic carbocycles. The summed E-state index contributed by atoms with van der Waals surface area (Å²) >= 11 is 6.00. The molecule has 5 heteroatoms. The highest BCUT2D eigenvalue weighted by Gasteiger charge is 2.45. The molecule has 1 saturated heterocycles. The van der Waals surface area contributed by atoms with Gasteiger partial charge in [0.1, 0.15) is 0 Å². The van der Waals surface area contributed by atoms with Crippen LogP contribution < -0.4 is 5.32 Å². The third-order valence-electron chi connectivity index (χ3n) is 7.46. The van der Waals surface area contributed by atoms with E-state index in [4.69, 9.17) is 11.6 Å². The van der Waals surface area contributed by atoms with Crippen LogP contribution in [0.1, 0.15) is 76.2 Å². The molecule has 2 saturated carbocycles. The van der Waals surface area contributed by atoms with Gasteiger partial charge in [0.25, 0.3) is 0 Å². The molecule has 2 unspecified atom stereocenters. The van der Waals surface area contributed by atoms with Gasteiger partial charge in [-0.3, -0.25) is 9.59 Å². The molecule has 3 fully saturated rings. The van der Waals surface area contributed by atoms with Gasteiger partial charge in [-0.1, -0.05) is 43.0 Å². The van der Waals surface area contributed by atoms with Crippen LogP contribution in [-0.2, 0) is 15.0 Å². The standard InChI is InChI=1S/C24H33ClN2O2/c25-20-12-10-19(11-13-20)24(14-5-15-24)23(29)26-16-3-9-22(28)27-17-4-7-18-6-1-2-8-21(18)27/h10-13,18,21H,1-9,14-17H2,(H,26,29). The van der Waals surface area contributed by atoms with Crippen LogP contribution in [0.5, 0.6) is 0 Å². The van der Waals surface area contributed by atoms with E-state index in [0.717, 1.165) is 50.1 Å². The number of carbonyl (C=O) groups is 2. The highest BCUT2D eigenvalue weighted by Crippen LogP contribution is 2.44. The molecule has 4 nitrogen and oxygen atoms in total. The van der Waals surface area contributed by atoms with Gasteiger partial charge in [0.05, 0.1) is 5.41 Å². The van der Waals surface area contributed by atoms with E-state index >= 15 is 0 Å². The molecule has 1 aliphatic heterocycles. The van der Waals surface area contributed by atoms with E-state index in [1.807, 2.05) is 24.3 Å². The lowest BCUT2D eigenvalue weighted by Crippen LogP contribution is -2.50. The Hall–Kier alpha value is -1.55. The molecule has 0 spiro atoms. The van der Waals surface area contributed by atoms with Crippen molar-refractivity contribution in [1.82, 2.24) is 10.2 Å². The molecular formula is C24H33ClN2O2. The summed E-state index contributed by atoms with van der Waals surface area (Å²) in [5.41, 5.74) is 0.648. The van der Waals surface area contributed by atoms with Crippen molar-refractivity contribution in [2.24, 2.45) is 5.92 Å². The molecule has 3 aliphatic rings. The first-order chi connectivity index (χ1) is 14.1. The van der Waals surface area contributed by atoms with Gasteiger partial charge in [-0.15, -0.1) is 0 Å². The lowest BCUT2D eigenvalue weighted by Gasteiger charge is -2.44. The van der Waals surface area contributed by atoms with Gasteiger partial charge in [0, 0.05) is 30.6 Å². The average molecular weight is 417 g/mol. The van der Waals surface area contributed by atoms with E-state index in [2.05, 4.69) is 10.2 Å². The zero-order chi connectivity index (χ0) is 20.3. The number of nitrogens with zero attached hydrogens (tertiary/aromatic N) is 1. The zero-order valence-corrected chi connectivity index (χ0v) is 18.1. The summed E-state index contributed by atoms with van der Waals surface area (Å²) in [6.45, 7) is 1.49. The Labute approximate surface area is 179 Å². The minimum absolute atomic E-state index is 0.101. The molecular weight excluding hydrogens is 384 g/mol. The quantitative estimate of drug-likeness (QED) is 0.674. The predicted molar refractivity (Wildman–Crippen MR) is 116 cm³/mol. The number of carbonyl (C=O) groups excluding carboxylic acids is 2. The minimum Gasteiger partial charge on any atom is -0.355 e. The van der Waals surface area contributed by atoms with Crippen LogP contribution in [0.25, 0.3) is 0 Å². The van der Waals surface area contributed by atoms with E-state index in [1.54, 1.807) is 0 Å². The summed E-state index contributed by atoms with van der Waals surface area (Å²) < 4.78 is 0. The summed E-state index contributed by atoms with van der Waals surface area (Å²) in [5, 5.41) is 3.80. The first-order valence-electron chi connectivity index (χ1n) is 11.4. The molecule has 158 valence electrons. The summed E-state index contributed by atoms with van der Waals surface area (Å²) in [5.74, 6) is 1.11. The Kier molecular flexibility index (Phi) is 6.48. The average Bonchev–Trinajstić information content (AvgIpc) is 2.71. The van der Waals surface area contributed by atoms with Crippen LogP contribution in [0.2, 0.25) is 5.02 Å². The van der Waals surface area contributed by atoms with Gasteiger partial charge in [0.2, 0.25) is 11.8 Å². The number of amides is 2. The Morgan fingerprint density at radius 1 is 1.03 bits per heavy atom. The van der Waals surface area contributed by atoms with Crippen LogP contribution in [0.3, 0.4) is 0 Å².